The molecule has 8 heteroatoms. The second-order valence-electron chi connectivity index (χ2n) is 5.39. The zero-order chi connectivity index (χ0) is 18.3. The molecule has 0 fully saturated rings. The molecule has 0 aromatic heterocycles. The average Bonchev–Trinajstić information content (AvgIpc) is 2.55. The van der Waals surface area contributed by atoms with Gasteiger partial charge in [0.1, 0.15) is 0 Å². The fourth-order valence-electron chi connectivity index (χ4n) is 2.01. The summed E-state index contributed by atoms with van der Waals surface area (Å²) in [6, 6.07) is 14.0. The molecule has 0 bridgehead atoms. The lowest BCUT2D eigenvalue weighted by atomic mass is 10.2. The molecule has 25 heavy (non-hydrogen) atoms. The fraction of sp³-hybridized carbons (Fsp3) is 0.235. The van der Waals surface area contributed by atoms with Crippen molar-refractivity contribution in [2.45, 2.75) is 5.75 Å². The van der Waals surface area contributed by atoms with Crippen LogP contribution in [0.3, 0.4) is 0 Å². The highest BCUT2D eigenvalue weighted by molar-refractivity contribution is 7.98. The fourth-order valence-corrected chi connectivity index (χ4v) is 3.52. The van der Waals surface area contributed by atoms with Gasteiger partial charge in [-0.05, 0) is 42.0 Å². The molecule has 0 saturated carbocycles. The number of hydrogen-bond donors (Lipinski definition) is 2. The molecule has 0 aliphatic rings. The first-order valence-electron chi connectivity index (χ1n) is 7.52. The Morgan fingerprint density at radius 3 is 2.32 bits per heavy atom. The summed E-state index contributed by atoms with van der Waals surface area (Å²) in [7, 11) is -3.32. The Bertz CT molecular complexity index is 807. The van der Waals surface area contributed by atoms with Crippen molar-refractivity contribution in [1.82, 2.24) is 5.32 Å². The Balaban J connectivity index is 1.72. The van der Waals surface area contributed by atoms with Crippen molar-refractivity contribution >= 4 is 45.0 Å². The first-order chi connectivity index (χ1) is 11.8. The van der Waals surface area contributed by atoms with Gasteiger partial charge in [0.15, 0.2) is 0 Å². The van der Waals surface area contributed by atoms with Crippen LogP contribution in [0.25, 0.3) is 0 Å². The number of nitrogens with one attached hydrogen (secondary N) is 2. The summed E-state index contributed by atoms with van der Waals surface area (Å²) in [5.74, 6) is 1.47. The second kappa shape index (κ2) is 9.12. The van der Waals surface area contributed by atoms with Crippen molar-refractivity contribution in [3.63, 3.8) is 0 Å². The van der Waals surface area contributed by atoms with E-state index in [2.05, 4.69) is 10.0 Å². The van der Waals surface area contributed by atoms with Gasteiger partial charge in [0.05, 0.1) is 6.26 Å². The lowest BCUT2D eigenvalue weighted by Crippen LogP contribution is -2.25. The molecule has 5 nitrogen and oxygen atoms in total. The Morgan fingerprint density at radius 2 is 1.72 bits per heavy atom. The van der Waals surface area contributed by atoms with Gasteiger partial charge < -0.3 is 5.32 Å². The minimum Gasteiger partial charge on any atom is -0.351 e. The van der Waals surface area contributed by atoms with E-state index in [0.29, 0.717) is 17.8 Å². The summed E-state index contributed by atoms with van der Waals surface area (Å²) in [5.41, 5.74) is 2.11. The van der Waals surface area contributed by atoms with E-state index in [0.717, 1.165) is 22.8 Å². The SMILES string of the molecule is CS(=O)(=O)Nc1ccc(C(=O)NCCSCc2ccc(Cl)cc2)cc1. The number of anilines is 1. The highest BCUT2D eigenvalue weighted by atomic mass is 35.5. The van der Waals surface area contributed by atoms with Crippen LogP contribution in [0.5, 0.6) is 0 Å². The highest BCUT2D eigenvalue weighted by Crippen LogP contribution is 2.15. The molecule has 2 rings (SSSR count). The van der Waals surface area contributed by atoms with Crippen LogP contribution in [-0.2, 0) is 15.8 Å². The van der Waals surface area contributed by atoms with E-state index < -0.39 is 10.0 Å². The maximum absolute atomic E-state index is 12.0. The zero-order valence-corrected chi connectivity index (χ0v) is 16.0. The first-order valence-corrected chi connectivity index (χ1v) is 10.9. The van der Waals surface area contributed by atoms with Crippen LogP contribution in [0, 0.1) is 0 Å². The van der Waals surface area contributed by atoms with Gasteiger partial charge in [-0.3, -0.25) is 9.52 Å². The molecular weight excluding hydrogens is 380 g/mol. The number of thioether (sulfide) groups is 1. The minimum absolute atomic E-state index is 0.182. The third kappa shape index (κ3) is 7.37. The molecule has 0 spiro atoms. The van der Waals surface area contributed by atoms with E-state index in [1.165, 1.54) is 5.56 Å². The molecule has 0 radical (unpaired) electrons. The number of benzene rings is 2. The molecule has 2 aromatic carbocycles. The van der Waals surface area contributed by atoms with Gasteiger partial charge in [0.25, 0.3) is 5.91 Å². The second-order valence-corrected chi connectivity index (χ2v) is 8.68. The van der Waals surface area contributed by atoms with E-state index in [1.54, 1.807) is 36.0 Å². The molecule has 2 aromatic rings. The molecule has 134 valence electrons. The van der Waals surface area contributed by atoms with Crippen LogP contribution >= 0.6 is 23.4 Å². The minimum atomic E-state index is -3.32. The topological polar surface area (TPSA) is 75.3 Å². The predicted octanol–water partition coefficient (Wildman–Crippen LogP) is 3.37. The summed E-state index contributed by atoms with van der Waals surface area (Å²) in [6.07, 6.45) is 1.08. The van der Waals surface area contributed by atoms with Crippen molar-refractivity contribution in [3.8, 4) is 0 Å². The van der Waals surface area contributed by atoms with Crippen molar-refractivity contribution in [2.75, 3.05) is 23.3 Å². The third-order valence-electron chi connectivity index (χ3n) is 3.16. The largest absolute Gasteiger partial charge is 0.351 e. The summed E-state index contributed by atoms with van der Waals surface area (Å²) >= 11 is 7.57. The van der Waals surface area contributed by atoms with E-state index in [-0.39, 0.29) is 5.91 Å². The van der Waals surface area contributed by atoms with E-state index in [4.69, 9.17) is 11.6 Å². The number of hydrogen-bond acceptors (Lipinski definition) is 4. The van der Waals surface area contributed by atoms with E-state index in [9.17, 15) is 13.2 Å². The molecule has 0 aliphatic heterocycles. The molecule has 0 saturated heterocycles. The van der Waals surface area contributed by atoms with Gasteiger partial charge in [-0.1, -0.05) is 23.7 Å². The maximum Gasteiger partial charge on any atom is 0.251 e. The van der Waals surface area contributed by atoms with Gasteiger partial charge in [-0.2, -0.15) is 11.8 Å². The smallest absolute Gasteiger partial charge is 0.251 e. The quantitative estimate of drug-likeness (QED) is 0.668. The summed E-state index contributed by atoms with van der Waals surface area (Å²) in [6.45, 7) is 0.556. The number of rotatable bonds is 8. The Labute approximate surface area is 157 Å². The van der Waals surface area contributed by atoms with Crippen molar-refractivity contribution in [2.24, 2.45) is 0 Å². The lowest BCUT2D eigenvalue weighted by molar-refractivity contribution is 0.0956. The monoisotopic (exact) mass is 398 g/mol. The number of amides is 1. The average molecular weight is 399 g/mol. The molecule has 0 unspecified atom stereocenters. The third-order valence-corrected chi connectivity index (χ3v) is 5.05. The highest BCUT2D eigenvalue weighted by Gasteiger charge is 2.06. The van der Waals surface area contributed by atoms with E-state index >= 15 is 0 Å². The standard InChI is InChI=1S/C17H19ClN2O3S2/c1-25(22,23)20-16-8-4-14(5-9-16)17(21)19-10-11-24-12-13-2-6-15(18)7-3-13/h2-9,20H,10-12H2,1H3,(H,19,21). The summed E-state index contributed by atoms with van der Waals surface area (Å²) in [4.78, 5) is 12.0. The van der Waals surface area contributed by atoms with E-state index in [1.807, 2.05) is 24.3 Å². The Kier molecular flexibility index (Phi) is 7.16. The maximum atomic E-state index is 12.0. The lowest BCUT2D eigenvalue weighted by Gasteiger charge is -2.07. The molecule has 2 N–H and O–H groups in total. The predicted molar refractivity (Wildman–Crippen MR) is 105 cm³/mol. The van der Waals surface area contributed by atoms with Gasteiger partial charge in [0, 0.05) is 34.3 Å². The molecular formula is C17H19ClN2O3S2. The van der Waals surface area contributed by atoms with Crippen molar-refractivity contribution in [1.29, 1.82) is 0 Å². The van der Waals surface area contributed by atoms with Crippen molar-refractivity contribution in [3.05, 3.63) is 64.7 Å². The molecule has 0 aliphatic carbocycles. The summed E-state index contributed by atoms with van der Waals surface area (Å²) < 4.78 is 24.6. The van der Waals surface area contributed by atoms with Gasteiger partial charge >= 0.3 is 0 Å². The Hall–Kier alpha value is -1.70. The van der Waals surface area contributed by atoms with Crippen LogP contribution in [0.15, 0.2) is 48.5 Å². The van der Waals surface area contributed by atoms with Gasteiger partial charge in [-0.25, -0.2) is 8.42 Å². The number of halogens is 1. The van der Waals surface area contributed by atoms with Crippen LogP contribution in [0.2, 0.25) is 5.02 Å². The normalized spacial score (nSPS) is 11.1. The van der Waals surface area contributed by atoms with Gasteiger partial charge in [-0.15, -0.1) is 0 Å². The number of carbonyl (C=O) groups excluding carboxylic acids is 1. The summed E-state index contributed by atoms with van der Waals surface area (Å²) in [5, 5.41) is 3.56. The van der Waals surface area contributed by atoms with Crippen LogP contribution in [0.4, 0.5) is 5.69 Å². The zero-order valence-electron chi connectivity index (χ0n) is 13.7. The van der Waals surface area contributed by atoms with Crippen molar-refractivity contribution < 1.29 is 13.2 Å². The number of sulfonamides is 1. The molecule has 0 atom stereocenters. The van der Waals surface area contributed by atoms with Crippen LogP contribution < -0.4 is 10.0 Å². The first kappa shape index (κ1) is 19.6. The molecule has 1 amide bonds. The van der Waals surface area contributed by atoms with Crippen LogP contribution in [-0.4, -0.2) is 32.9 Å². The van der Waals surface area contributed by atoms with Crippen LogP contribution in [0.1, 0.15) is 15.9 Å². The molecule has 0 heterocycles. The number of carbonyl (C=O) groups is 1. The van der Waals surface area contributed by atoms with Gasteiger partial charge in [0.2, 0.25) is 10.0 Å². The Morgan fingerprint density at radius 1 is 1.08 bits per heavy atom.